The van der Waals surface area contributed by atoms with Crippen molar-refractivity contribution in [2.24, 2.45) is 0 Å². The maximum Gasteiger partial charge on any atom is 0.235 e. The van der Waals surface area contributed by atoms with Gasteiger partial charge in [0.15, 0.2) is 5.58 Å². The fourth-order valence-corrected chi connectivity index (χ4v) is 7.84. The highest BCUT2D eigenvalue weighted by Gasteiger charge is 2.40. The van der Waals surface area contributed by atoms with E-state index in [4.69, 9.17) is 14.4 Å². The lowest BCUT2D eigenvalue weighted by molar-refractivity contribution is 0.656. The summed E-state index contributed by atoms with van der Waals surface area (Å²) in [7, 11) is 0. The third-order valence-electron chi connectivity index (χ3n) is 9.78. The quantitative estimate of drug-likeness (QED) is 0.205. The molecule has 3 heterocycles. The average molecular weight is 578 g/mol. The van der Waals surface area contributed by atoms with E-state index >= 15 is 0 Å². The first-order chi connectivity index (χ1) is 22.1. The topological polar surface area (TPSA) is 43.9 Å². The molecule has 0 bridgehead atoms. The van der Waals surface area contributed by atoms with E-state index in [1.807, 2.05) is 6.07 Å². The van der Waals surface area contributed by atoms with E-state index in [0.717, 1.165) is 60.7 Å². The van der Waals surface area contributed by atoms with Crippen LogP contribution >= 0.6 is 0 Å². The number of aromatic nitrogens is 3. The van der Waals surface area contributed by atoms with Gasteiger partial charge in [0, 0.05) is 43.7 Å². The van der Waals surface area contributed by atoms with Gasteiger partial charge in [-0.25, -0.2) is 9.97 Å². The van der Waals surface area contributed by atoms with Gasteiger partial charge in [0.05, 0.1) is 16.9 Å². The van der Waals surface area contributed by atoms with Crippen LogP contribution in [0.5, 0.6) is 0 Å². The molecule has 212 valence electrons. The summed E-state index contributed by atoms with van der Waals surface area (Å²) in [6.07, 6.45) is 0. The van der Waals surface area contributed by atoms with Crippen molar-refractivity contribution >= 4 is 54.5 Å². The van der Waals surface area contributed by atoms with Gasteiger partial charge >= 0.3 is 0 Å². The second-order valence-corrected chi connectivity index (χ2v) is 12.6. The molecule has 0 aliphatic heterocycles. The number of rotatable bonds is 2. The first-order valence-corrected chi connectivity index (χ1v) is 15.4. The Morgan fingerprint density at radius 1 is 0.578 bits per heavy atom. The van der Waals surface area contributed by atoms with Gasteiger partial charge in [-0.3, -0.25) is 4.57 Å². The summed E-state index contributed by atoms with van der Waals surface area (Å²) in [5.74, 6) is 0.642. The van der Waals surface area contributed by atoms with Crippen LogP contribution in [0.2, 0.25) is 0 Å². The molecule has 0 N–H and O–H groups in total. The third-order valence-corrected chi connectivity index (χ3v) is 9.78. The summed E-state index contributed by atoms with van der Waals surface area (Å²) in [6, 6.07) is 44.8. The van der Waals surface area contributed by atoms with Crippen LogP contribution in [0, 0.1) is 0 Å². The van der Waals surface area contributed by atoms with E-state index in [1.165, 1.54) is 27.5 Å². The standard InChI is InChI=1S/C41H27N3O/c1-41(2)30-21-11-8-18-27(30)37-35(41)36(24-14-4-3-5-15-24)42-40(43-37)44-31-22-12-9-19-28(31)33-25-16-6-7-17-26(25)34-29-20-10-13-23-32(29)45-39(34)38(33)44/h3-23H,1-2H3. The van der Waals surface area contributed by atoms with E-state index in [9.17, 15) is 0 Å². The van der Waals surface area contributed by atoms with Crippen LogP contribution in [-0.4, -0.2) is 14.5 Å². The van der Waals surface area contributed by atoms with Gasteiger partial charge in [0.25, 0.3) is 0 Å². The Morgan fingerprint density at radius 2 is 1.20 bits per heavy atom. The molecule has 0 amide bonds. The Balaban J connectivity index is 1.44. The van der Waals surface area contributed by atoms with Crippen molar-refractivity contribution in [3.8, 4) is 28.5 Å². The van der Waals surface area contributed by atoms with Crippen molar-refractivity contribution < 1.29 is 4.42 Å². The van der Waals surface area contributed by atoms with Gasteiger partial charge in [-0.1, -0.05) is 129 Å². The highest BCUT2D eigenvalue weighted by Crippen LogP contribution is 2.52. The summed E-state index contributed by atoms with van der Waals surface area (Å²) in [6.45, 7) is 4.58. The first-order valence-electron chi connectivity index (χ1n) is 15.4. The molecule has 0 saturated carbocycles. The monoisotopic (exact) mass is 577 g/mol. The van der Waals surface area contributed by atoms with Crippen LogP contribution in [0.25, 0.3) is 83.0 Å². The van der Waals surface area contributed by atoms with Crippen molar-refractivity contribution in [3.05, 3.63) is 139 Å². The molecular weight excluding hydrogens is 550 g/mol. The predicted molar refractivity (Wildman–Crippen MR) is 184 cm³/mol. The molecule has 0 atom stereocenters. The fraction of sp³-hybridized carbons (Fsp3) is 0.0732. The summed E-state index contributed by atoms with van der Waals surface area (Å²) in [5.41, 5.74) is 10.2. The molecule has 0 spiro atoms. The molecule has 1 aliphatic carbocycles. The summed E-state index contributed by atoms with van der Waals surface area (Å²) in [5, 5.41) is 6.91. The Labute approximate surface area is 259 Å². The van der Waals surface area contributed by atoms with E-state index in [0.29, 0.717) is 5.95 Å². The van der Waals surface area contributed by atoms with Crippen LogP contribution in [0.3, 0.4) is 0 Å². The number of benzene rings is 6. The number of hydrogen-bond donors (Lipinski definition) is 0. The Bertz CT molecular complexity index is 2680. The Hall–Kier alpha value is -5.74. The largest absolute Gasteiger partial charge is 0.454 e. The zero-order valence-corrected chi connectivity index (χ0v) is 24.9. The van der Waals surface area contributed by atoms with E-state index in [1.54, 1.807) is 0 Å². The molecule has 1 aliphatic rings. The highest BCUT2D eigenvalue weighted by atomic mass is 16.3. The molecule has 0 saturated heterocycles. The molecule has 4 heteroatoms. The van der Waals surface area contributed by atoms with Crippen molar-refractivity contribution in [2.75, 3.05) is 0 Å². The minimum absolute atomic E-state index is 0.251. The maximum atomic E-state index is 6.79. The molecular formula is C41H27N3O. The van der Waals surface area contributed by atoms with E-state index < -0.39 is 0 Å². The van der Waals surface area contributed by atoms with Crippen LogP contribution in [0.1, 0.15) is 25.0 Å². The van der Waals surface area contributed by atoms with Crippen molar-refractivity contribution in [1.82, 2.24) is 14.5 Å². The van der Waals surface area contributed by atoms with Crippen molar-refractivity contribution in [2.45, 2.75) is 19.3 Å². The Kier molecular flexibility index (Phi) is 4.76. The smallest absolute Gasteiger partial charge is 0.235 e. The first kappa shape index (κ1) is 24.7. The van der Waals surface area contributed by atoms with Crippen molar-refractivity contribution in [1.29, 1.82) is 0 Å². The Morgan fingerprint density at radius 3 is 2.02 bits per heavy atom. The van der Waals surface area contributed by atoms with Gasteiger partial charge in [-0.05, 0) is 28.5 Å². The minimum atomic E-state index is -0.251. The number of furan rings is 1. The van der Waals surface area contributed by atoms with Gasteiger partial charge in [0.1, 0.15) is 11.1 Å². The molecule has 9 aromatic rings. The van der Waals surface area contributed by atoms with Gasteiger partial charge in [-0.2, -0.15) is 0 Å². The SMILES string of the molecule is CC1(C)c2ccccc2-c2nc(-n3c4ccccc4c4c5ccccc5c5c6ccccc6oc5c43)nc(-c3ccccc3)c21. The fourth-order valence-electron chi connectivity index (χ4n) is 7.84. The maximum absolute atomic E-state index is 6.79. The molecule has 6 aromatic carbocycles. The minimum Gasteiger partial charge on any atom is -0.454 e. The lowest BCUT2D eigenvalue weighted by Crippen LogP contribution is -2.18. The molecule has 0 fully saturated rings. The molecule has 10 rings (SSSR count). The second-order valence-electron chi connectivity index (χ2n) is 12.6. The lowest BCUT2D eigenvalue weighted by atomic mass is 9.81. The van der Waals surface area contributed by atoms with Crippen LogP contribution in [-0.2, 0) is 5.41 Å². The number of nitrogens with zero attached hydrogens (tertiary/aromatic N) is 3. The van der Waals surface area contributed by atoms with Crippen LogP contribution in [0.4, 0.5) is 0 Å². The molecule has 0 radical (unpaired) electrons. The van der Waals surface area contributed by atoms with Gasteiger partial charge in [0.2, 0.25) is 5.95 Å². The van der Waals surface area contributed by atoms with Gasteiger partial charge < -0.3 is 4.42 Å². The van der Waals surface area contributed by atoms with E-state index in [2.05, 4.69) is 140 Å². The van der Waals surface area contributed by atoms with Crippen LogP contribution in [0.15, 0.2) is 132 Å². The highest BCUT2D eigenvalue weighted by molar-refractivity contribution is 6.34. The van der Waals surface area contributed by atoms with Crippen molar-refractivity contribution in [3.63, 3.8) is 0 Å². The summed E-state index contributed by atoms with van der Waals surface area (Å²) < 4.78 is 9.02. The molecule has 4 nitrogen and oxygen atoms in total. The average Bonchev–Trinajstić information content (AvgIpc) is 3.72. The third kappa shape index (κ3) is 3.16. The zero-order valence-electron chi connectivity index (χ0n) is 24.9. The molecule has 0 unspecified atom stereocenters. The lowest BCUT2D eigenvalue weighted by Gasteiger charge is -2.24. The molecule has 45 heavy (non-hydrogen) atoms. The molecule has 3 aromatic heterocycles. The van der Waals surface area contributed by atoms with E-state index in [-0.39, 0.29) is 5.41 Å². The normalized spacial score (nSPS) is 13.7. The number of fused-ring (bicyclic) bond motifs is 13. The summed E-state index contributed by atoms with van der Waals surface area (Å²) in [4.78, 5) is 11.0. The van der Waals surface area contributed by atoms with Crippen LogP contribution < -0.4 is 0 Å². The van der Waals surface area contributed by atoms with Gasteiger partial charge in [-0.15, -0.1) is 0 Å². The number of hydrogen-bond acceptors (Lipinski definition) is 3. The predicted octanol–water partition coefficient (Wildman–Crippen LogP) is 10.6. The second kappa shape index (κ2) is 8.67. The summed E-state index contributed by atoms with van der Waals surface area (Å²) >= 11 is 0. The zero-order chi connectivity index (χ0) is 29.9. The number of para-hydroxylation sites is 2.